The molecular weight excluding hydrogens is 180 g/mol. The van der Waals surface area contributed by atoms with Gasteiger partial charge < -0.3 is 9.84 Å². The first-order valence-corrected chi connectivity index (χ1v) is 4.07. The van der Waals surface area contributed by atoms with Gasteiger partial charge in [0.15, 0.2) is 0 Å². The summed E-state index contributed by atoms with van der Waals surface area (Å²) in [5.41, 5.74) is 0. The Labute approximate surface area is 72.4 Å². The average molecular weight is 186 g/mol. The third kappa shape index (κ3) is 2.71. The number of carbonyl (C=O) groups is 2. The molecule has 0 aliphatic heterocycles. The molecule has 0 atom stereocenters. The zero-order chi connectivity index (χ0) is 8.97. The summed E-state index contributed by atoms with van der Waals surface area (Å²) in [7, 11) is 0. The third-order valence-corrected chi connectivity index (χ3v) is 1.68. The lowest BCUT2D eigenvalue weighted by Crippen LogP contribution is -2.12. The number of hydrogen-bond acceptors (Lipinski definition) is 4. The Morgan fingerprint density at radius 2 is 2.33 bits per heavy atom. The highest BCUT2D eigenvalue weighted by Crippen LogP contribution is 2.14. The minimum absolute atomic E-state index is 0.395. The van der Waals surface area contributed by atoms with Crippen molar-refractivity contribution in [2.24, 2.45) is 0 Å². The van der Waals surface area contributed by atoms with Gasteiger partial charge in [-0.15, -0.1) is 11.3 Å². The van der Waals surface area contributed by atoms with Crippen LogP contribution in [0, 0.1) is 0 Å². The highest BCUT2D eigenvalue weighted by Gasteiger charge is 2.09. The SMILES string of the molecule is O=C(O)CC(=O)Oc1ccsc1. The van der Waals surface area contributed by atoms with E-state index in [2.05, 4.69) is 4.74 Å². The van der Waals surface area contributed by atoms with Crippen molar-refractivity contribution < 1.29 is 19.4 Å². The Hall–Kier alpha value is -1.36. The minimum atomic E-state index is -1.18. The van der Waals surface area contributed by atoms with E-state index in [1.165, 1.54) is 11.3 Å². The molecule has 0 aliphatic rings. The summed E-state index contributed by atoms with van der Waals surface area (Å²) in [5.74, 6) is -1.54. The summed E-state index contributed by atoms with van der Waals surface area (Å²) < 4.78 is 4.66. The average Bonchev–Trinajstić information content (AvgIpc) is 2.37. The molecule has 0 bridgehead atoms. The molecule has 0 amide bonds. The maximum absolute atomic E-state index is 10.7. The number of aliphatic carboxylic acids is 1. The lowest BCUT2D eigenvalue weighted by atomic mass is 10.4. The molecule has 1 heterocycles. The molecule has 0 aromatic carbocycles. The Morgan fingerprint density at radius 1 is 1.58 bits per heavy atom. The van der Waals surface area contributed by atoms with E-state index >= 15 is 0 Å². The number of thiophene rings is 1. The van der Waals surface area contributed by atoms with E-state index in [9.17, 15) is 9.59 Å². The highest BCUT2D eigenvalue weighted by atomic mass is 32.1. The summed E-state index contributed by atoms with van der Waals surface area (Å²) in [6, 6.07) is 1.60. The first-order valence-electron chi connectivity index (χ1n) is 3.13. The number of esters is 1. The molecule has 5 heteroatoms. The van der Waals surface area contributed by atoms with Crippen LogP contribution in [0.5, 0.6) is 5.75 Å². The maximum Gasteiger partial charge on any atom is 0.322 e. The number of rotatable bonds is 3. The van der Waals surface area contributed by atoms with Gasteiger partial charge in [0, 0.05) is 5.38 Å². The summed E-state index contributed by atoms with van der Waals surface area (Å²) in [4.78, 5) is 20.8. The van der Waals surface area contributed by atoms with Crippen molar-refractivity contribution in [3.8, 4) is 5.75 Å². The first kappa shape index (κ1) is 8.73. The van der Waals surface area contributed by atoms with Crippen molar-refractivity contribution in [2.45, 2.75) is 6.42 Å². The highest BCUT2D eigenvalue weighted by molar-refractivity contribution is 7.08. The molecule has 0 saturated carbocycles. The molecule has 4 nitrogen and oxygen atoms in total. The third-order valence-electron chi connectivity index (χ3n) is 1.02. The van der Waals surface area contributed by atoms with E-state index < -0.39 is 18.4 Å². The van der Waals surface area contributed by atoms with Gasteiger partial charge in [-0.25, -0.2) is 0 Å². The fourth-order valence-electron chi connectivity index (χ4n) is 0.601. The quantitative estimate of drug-likeness (QED) is 0.567. The van der Waals surface area contributed by atoms with Gasteiger partial charge in [0.2, 0.25) is 0 Å². The zero-order valence-electron chi connectivity index (χ0n) is 6.02. The van der Waals surface area contributed by atoms with Crippen LogP contribution in [0.3, 0.4) is 0 Å². The van der Waals surface area contributed by atoms with Crippen LogP contribution in [0.2, 0.25) is 0 Å². The van der Waals surface area contributed by atoms with Crippen molar-refractivity contribution in [1.29, 1.82) is 0 Å². The Balaban J connectivity index is 2.42. The van der Waals surface area contributed by atoms with Crippen LogP contribution in [0.1, 0.15) is 6.42 Å². The number of carboxylic acids is 1. The summed E-state index contributed by atoms with van der Waals surface area (Å²) >= 11 is 1.38. The second-order valence-electron chi connectivity index (χ2n) is 2.00. The van der Waals surface area contributed by atoms with E-state index in [0.717, 1.165) is 0 Å². The van der Waals surface area contributed by atoms with Crippen LogP contribution in [-0.2, 0) is 9.59 Å². The number of ether oxygens (including phenoxy) is 1. The molecule has 1 rings (SSSR count). The smallest absolute Gasteiger partial charge is 0.322 e. The Morgan fingerprint density at radius 3 is 2.83 bits per heavy atom. The van der Waals surface area contributed by atoms with Crippen molar-refractivity contribution >= 4 is 23.3 Å². The summed E-state index contributed by atoms with van der Waals surface area (Å²) in [6.07, 6.45) is -0.601. The predicted molar refractivity (Wildman–Crippen MR) is 42.2 cm³/mol. The first-order chi connectivity index (χ1) is 5.68. The normalized spacial score (nSPS) is 9.33. The molecule has 1 aromatic heterocycles. The van der Waals surface area contributed by atoms with Crippen molar-refractivity contribution in [3.63, 3.8) is 0 Å². The zero-order valence-corrected chi connectivity index (χ0v) is 6.84. The fraction of sp³-hybridized carbons (Fsp3) is 0.143. The fourth-order valence-corrected chi connectivity index (χ4v) is 1.15. The van der Waals surface area contributed by atoms with Gasteiger partial charge in [0.05, 0.1) is 0 Å². The molecule has 0 unspecified atom stereocenters. The lowest BCUT2D eigenvalue weighted by molar-refractivity contribution is -0.145. The largest absolute Gasteiger partial charge is 0.481 e. The van der Waals surface area contributed by atoms with Crippen LogP contribution < -0.4 is 4.74 Å². The topological polar surface area (TPSA) is 63.6 Å². The van der Waals surface area contributed by atoms with Gasteiger partial charge in [0.1, 0.15) is 12.2 Å². The molecule has 1 aromatic rings. The lowest BCUT2D eigenvalue weighted by Gasteiger charge is -1.97. The van der Waals surface area contributed by atoms with Crippen LogP contribution in [0.4, 0.5) is 0 Å². The monoisotopic (exact) mass is 186 g/mol. The standard InChI is InChI=1S/C7H6O4S/c8-6(9)3-7(10)11-5-1-2-12-4-5/h1-2,4H,3H2,(H,8,9). The minimum Gasteiger partial charge on any atom is -0.481 e. The van der Waals surface area contributed by atoms with E-state index in [0.29, 0.717) is 5.75 Å². The number of carboxylic acid groups (broad SMARTS) is 1. The maximum atomic E-state index is 10.7. The second-order valence-corrected chi connectivity index (χ2v) is 2.78. The molecule has 64 valence electrons. The molecule has 12 heavy (non-hydrogen) atoms. The van der Waals surface area contributed by atoms with Crippen molar-refractivity contribution in [2.75, 3.05) is 0 Å². The van der Waals surface area contributed by atoms with E-state index in [4.69, 9.17) is 5.11 Å². The van der Waals surface area contributed by atoms with Gasteiger partial charge in [-0.05, 0) is 11.4 Å². The molecule has 0 radical (unpaired) electrons. The molecule has 0 aliphatic carbocycles. The predicted octanol–water partition coefficient (Wildman–Crippen LogP) is 1.13. The van der Waals surface area contributed by atoms with Crippen LogP contribution in [0.25, 0.3) is 0 Å². The summed E-state index contributed by atoms with van der Waals surface area (Å²) in [6.45, 7) is 0. The Kier molecular flexibility index (Phi) is 2.82. The van der Waals surface area contributed by atoms with Crippen LogP contribution >= 0.6 is 11.3 Å². The number of carbonyl (C=O) groups excluding carboxylic acids is 1. The van der Waals surface area contributed by atoms with Crippen LogP contribution in [0.15, 0.2) is 16.8 Å². The molecular formula is C7H6O4S. The van der Waals surface area contributed by atoms with Gasteiger partial charge in [-0.3, -0.25) is 9.59 Å². The van der Waals surface area contributed by atoms with E-state index in [-0.39, 0.29) is 0 Å². The molecule has 1 N–H and O–H groups in total. The van der Waals surface area contributed by atoms with Gasteiger partial charge in [0.25, 0.3) is 0 Å². The van der Waals surface area contributed by atoms with Crippen LogP contribution in [-0.4, -0.2) is 17.0 Å². The second kappa shape index (κ2) is 3.87. The van der Waals surface area contributed by atoms with Crippen molar-refractivity contribution in [1.82, 2.24) is 0 Å². The van der Waals surface area contributed by atoms with Gasteiger partial charge in [-0.1, -0.05) is 0 Å². The Bertz CT molecular complexity index is 278. The summed E-state index contributed by atoms with van der Waals surface area (Å²) in [5, 5.41) is 11.6. The molecule has 0 fully saturated rings. The van der Waals surface area contributed by atoms with Gasteiger partial charge in [-0.2, -0.15) is 0 Å². The van der Waals surface area contributed by atoms with E-state index in [1.807, 2.05) is 0 Å². The van der Waals surface area contributed by atoms with E-state index in [1.54, 1.807) is 16.8 Å². The van der Waals surface area contributed by atoms with Crippen molar-refractivity contribution in [3.05, 3.63) is 16.8 Å². The molecule has 0 spiro atoms. The number of hydrogen-bond donors (Lipinski definition) is 1. The molecule has 0 saturated heterocycles. The van der Waals surface area contributed by atoms with Gasteiger partial charge >= 0.3 is 11.9 Å².